The molecule has 0 fully saturated rings. The van der Waals surface area contributed by atoms with Crippen molar-refractivity contribution in [3.8, 4) is 11.3 Å². The van der Waals surface area contributed by atoms with Crippen molar-refractivity contribution in [1.82, 2.24) is 20.2 Å². The molecular weight excluding hydrogens is 312 g/mol. The molecule has 2 aromatic rings. The zero-order valence-electron chi connectivity index (χ0n) is 15.7. The summed E-state index contributed by atoms with van der Waals surface area (Å²) in [6.07, 6.45) is 3.65. The van der Waals surface area contributed by atoms with E-state index >= 15 is 0 Å². The van der Waals surface area contributed by atoms with E-state index in [1.54, 1.807) is 17.7 Å². The molecule has 3 N–H and O–H groups in total. The Hall–Kier alpha value is -2.53. The number of H-pyrrole nitrogens is 1. The van der Waals surface area contributed by atoms with Gasteiger partial charge in [0, 0.05) is 18.7 Å². The van der Waals surface area contributed by atoms with Crippen LogP contribution in [0.4, 0.5) is 0 Å². The molecule has 134 valence electrons. The van der Waals surface area contributed by atoms with Gasteiger partial charge in [0.25, 0.3) is 0 Å². The minimum Gasteiger partial charge on any atom is -0.368 e. The molecule has 0 aliphatic carbocycles. The minimum atomic E-state index is -0.146. The van der Waals surface area contributed by atoms with Crippen LogP contribution in [0.5, 0.6) is 0 Å². The van der Waals surface area contributed by atoms with Crippen molar-refractivity contribution in [2.75, 3.05) is 0 Å². The number of benzene rings is 1. The summed E-state index contributed by atoms with van der Waals surface area (Å²) in [5, 5.41) is 6.85. The molecule has 5 nitrogen and oxygen atoms in total. The molecule has 0 aliphatic rings. The topological polar surface area (TPSA) is 61.8 Å². The Labute approximate surface area is 149 Å². The monoisotopic (exact) mass is 340 g/mol. The van der Waals surface area contributed by atoms with E-state index in [4.69, 9.17) is 0 Å². The van der Waals surface area contributed by atoms with Crippen molar-refractivity contribution in [2.24, 2.45) is 7.05 Å². The van der Waals surface area contributed by atoms with Gasteiger partial charge in [-0.1, -0.05) is 42.5 Å². The number of allylic oxidation sites excluding steroid dienone is 2. The fraction of sp³-hybridized carbons (Fsp3) is 0.350. The summed E-state index contributed by atoms with van der Waals surface area (Å²) in [6.45, 7) is 12.1. The van der Waals surface area contributed by atoms with Crippen molar-refractivity contribution in [2.45, 2.75) is 39.9 Å². The molecule has 1 unspecified atom stereocenters. The normalized spacial score (nSPS) is 13.1. The van der Waals surface area contributed by atoms with Gasteiger partial charge in [0.1, 0.15) is 0 Å². The third kappa shape index (κ3) is 4.51. The van der Waals surface area contributed by atoms with Crippen LogP contribution < -0.4 is 16.3 Å². The van der Waals surface area contributed by atoms with E-state index in [2.05, 4.69) is 36.0 Å². The molecule has 0 saturated heterocycles. The number of aryl methyl sites for hydroxylation is 1. The zero-order valence-corrected chi connectivity index (χ0v) is 15.7. The number of hydrogen-bond donors (Lipinski definition) is 3. The Balaban J connectivity index is 2.51. The third-order valence-electron chi connectivity index (χ3n) is 3.94. The summed E-state index contributed by atoms with van der Waals surface area (Å²) in [7, 11) is 1.77. The minimum absolute atomic E-state index is 0.0436. The lowest BCUT2D eigenvalue weighted by atomic mass is 10.1. The second-order valence-electron chi connectivity index (χ2n) is 6.58. The van der Waals surface area contributed by atoms with Crippen LogP contribution in [0, 0.1) is 6.92 Å². The number of nitrogens with one attached hydrogen (secondary N) is 3. The highest BCUT2D eigenvalue weighted by molar-refractivity contribution is 5.77. The highest BCUT2D eigenvalue weighted by Crippen LogP contribution is 2.25. The average molecular weight is 340 g/mol. The average Bonchev–Trinajstić information content (AvgIpc) is 2.82. The van der Waals surface area contributed by atoms with Gasteiger partial charge in [-0.3, -0.25) is 9.88 Å². The van der Waals surface area contributed by atoms with Crippen LogP contribution in [0.25, 0.3) is 17.0 Å². The van der Waals surface area contributed by atoms with E-state index in [0.29, 0.717) is 6.04 Å². The lowest BCUT2D eigenvalue weighted by Gasteiger charge is -2.22. The molecule has 1 aromatic heterocycles. The van der Waals surface area contributed by atoms with Gasteiger partial charge in [-0.25, -0.2) is 4.79 Å². The fourth-order valence-electron chi connectivity index (χ4n) is 2.85. The first-order chi connectivity index (χ1) is 11.8. The predicted octanol–water partition coefficient (Wildman–Crippen LogP) is 3.15. The summed E-state index contributed by atoms with van der Waals surface area (Å²) >= 11 is 0. The lowest BCUT2D eigenvalue weighted by Crippen LogP contribution is -2.42. The number of nitrogens with zero attached hydrogens (tertiary/aromatic N) is 1. The number of aromatic amines is 1. The van der Waals surface area contributed by atoms with Crippen LogP contribution in [-0.4, -0.2) is 21.8 Å². The van der Waals surface area contributed by atoms with Crippen LogP contribution in [0.15, 0.2) is 47.8 Å². The predicted molar refractivity (Wildman–Crippen MR) is 105 cm³/mol. The highest BCUT2D eigenvalue weighted by atomic mass is 16.1. The first-order valence-electron chi connectivity index (χ1n) is 8.55. The molecular formula is C20H28N4O. The maximum Gasteiger partial charge on any atom is 0.326 e. The number of imidazole rings is 1. The summed E-state index contributed by atoms with van der Waals surface area (Å²) in [5.74, 6) is 0. The summed E-state index contributed by atoms with van der Waals surface area (Å²) in [4.78, 5) is 15.3. The van der Waals surface area contributed by atoms with Crippen LogP contribution in [0.1, 0.15) is 32.0 Å². The Morgan fingerprint density at radius 3 is 2.44 bits per heavy atom. The standard InChI is InChI=1S/C20H28N4O/c1-7-8-17(22-15(5)21-13(2)3)19-18(23-20(25)24(19)6)16-11-9-14(4)10-12-16/h7-13,15,21-22H,1H2,2-6H3,(H,23,25)/b17-8-. The first-order valence-corrected chi connectivity index (χ1v) is 8.55. The van der Waals surface area contributed by atoms with Gasteiger partial charge in [-0.05, 0) is 33.8 Å². The van der Waals surface area contributed by atoms with Gasteiger partial charge in [-0.2, -0.15) is 0 Å². The first kappa shape index (κ1) is 18.8. The van der Waals surface area contributed by atoms with Crippen molar-refractivity contribution < 1.29 is 0 Å². The second kappa shape index (κ2) is 8.03. The van der Waals surface area contributed by atoms with E-state index < -0.39 is 0 Å². The van der Waals surface area contributed by atoms with Gasteiger partial charge in [0.05, 0.1) is 23.3 Å². The molecule has 0 bridgehead atoms. The van der Waals surface area contributed by atoms with E-state index in [9.17, 15) is 4.79 Å². The van der Waals surface area contributed by atoms with E-state index in [1.807, 2.05) is 44.2 Å². The van der Waals surface area contributed by atoms with Crippen molar-refractivity contribution in [1.29, 1.82) is 0 Å². The molecule has 0 saturated carbocycles. The van der Waals surface area contributed by atoms with Gasteiger partial charge in [-0.15, -0.1) is 0 Å². The smallest absolute Gasteiger partial charge is 0.326 e. The van der Waals surface area contributed by atoms with Gasteiger partial charge < -0.3 is 10.3 Å². The SMILES string of the molecule is C=C/C=C(\NC(C)NC(C)C)c1c(-c2ccc(C)cc2)[nH]c(=O)n1C. The van der Waals surface area contributed by atoms with E-state index in [-0.39, 0.29) is 11.9 Å². The molecule has 1 aromatic carbocycles. The van der Waals surface area contributed by atoms with Gasteiger partial charge >= 0.3 is 5.69 Å². The number of rotatable bonds is 7. The van der Waals surface area contributed by atoms with E-state index in [1.165, 1.54) is 5.56 Å². The maximum absolute atomic E-state index is 12.3. The summed E-state index contributed by atoms with van der Waals surface area (Å²) in [6, 6.07) is 8.46. The van der Waals surface area contributed by atoms with Crippen molar-refractivity contribution >= 4 is 5.70 Å². The van der Waals surface area contributed by atoms with E-state index in [0.717, 1.165) is 22.6 Å². The van der Waals surface area contributed by atoms with Gasteiger partial charge in [0.15, 0.2) is 0 Å². The van der Waals surface area contributed by atoms with Crippen LogP contribution in [0.3, 0.4) is 0 Å². The molecule has 0 spiro atoms. The molecule has 5 heteroatoms. The Morgan fingerprint density at radius 1 is 1.24 bits per heavy atom. The zero-order chi connectivity index (χ0) is 18.6. The Bertz CT molecular complexity index is 809. The van der Waals surface area contributed by atoms with Gasteiger partial charge in [0.2, 0.25) is 0 Å². The van der Waals surface area contributed by atoms with Crippen LogP contribution in [-0.2, 0) is 7.05 Å². The quantitative estimate of drug-likeness (QED) is 0.536. The fourth-order valence-corrected chi connectivity index (χ4v) is 2.85. The molecule has 25 heavy (non-hydrogen) atoms. The maximum atomic E-state index is 12.3. The van der Waals surface area contributed by atoms with Crippen LogP contribution in [0.2, 0.25) is 0 Å². The Kier molecular flexibility index (Phi) is 6.04. The molecule has 1 atom stereocenters. The summed E-state index contributed by atoms with van der Waals surface area (Å²) in [5.41, 5.74) is 4.45. The molecule has 0 amide bonds. The third-order valence-corrected chi connectivity index (χ3v) is 3.94. The molecule has 1 heterocycles. The molecule has 2 rings (SSSR count). The largest absolute Gasteiger partial charge is 0.368 e. The number of hydrogen-bond acceptors (Lipinski definition) is 3. The second-order valence-corrected chi connectivity index (χ2v) is 6.58. The molecule has 0 aliphatic heterocycles. The number of aromatic nitrogens is 2. The molecule has 0 radical (unpaired) electrons. The van der Waals surface area contributed by atoms with Crippen LogP contribution >= 0.6 is 0 Å². The summed E-state index contributed by atoms with van der Waals surface area (Å²) < 4.78 is 1.62. The lowest BCUT2D eigenvalue weighted by molar-refractivity contribution is 0.462. The van der Waals surface area contributed by atoms with Crippen molar-refractivity contribution in [3.05, 3.63) is 64.7 Å². The highest BCUT2D eigenvalue weighted by Gasteiger charge is 2.18. The van der Waals surface area contributed by atoms with Crippen molar-refractivity contribution in [3.63, 3.8) is 0 Å². The Morgan fingerprint density at radius 2 is 1.88 bits per heavy atom.